The Bertz CT molecular complexity index is 1230. The van der Waals surface area contributed by atoms with Gasteiger partial charge in [0.1, 0.15) is 5.75 Å². The van der Waals surface area contributed by atoms with Gasteiger partial charge in [0.15, 0.2) is 23.0 Å². The summed E-state index contributed by atoms with van der Waals surface area (Å²) in [6.07, 6.45) is 6.66. The molecule has 0 radical (unpaired) electrons. The zero-order valence-corrected chi connectivity index (χ0v) is 20.6. The molecule has 3 rings (SSSR count). The number of halogens is 1. The predicted octanol–water partition coefficient (Wildman–Crippen LogP) is 6.06. The van der Waals surface area contributed by atoms with Crippen molar-refractivity contribution in [2.24, 2.45) is 0 Å². The number of nitrogens with one attached hydrogen (secondary N) is 1. The molecule has 7 nitrogen and oxygen atoms in total. The number of hydrogen-bond donors (Lipinski definition) is 2. The van der Waals surface area contributed by atoms with Crippen molar-refractivity contribution in [1.29, 1.82) is 0 Å². The molecule has 0 fully saturated rings. The van der Waals surface area contributed by atoms with E-state index in [9.17, 15) is 9.90 Å². The smallest absolute Gasteiger partial charge is 0.203 e. The lowest BCUT2D eigenvalue weighted by Gasteiger charge is -2.13. The number of carbonyl (C=O) groups is 1. The van der Waals surface area contributed by atoms with E-state index in [-0.39, 0.29) is 11.5 Å². The first-order chi connectivity index (χ1) is 16.9. The SMILES string of the molecule is COc1cc(C=Cc2cc(Cl)c(OC)c(NC=CC(=O)c3ccc(O)cc3)c2)cc(OC)c1OC. The Kier molecular flexibility index (Phi) is 8.64. The van der Waals surface area contributed by atoms with E-state index in [1.807, 2.05) is 30.4 Å². The van der Waals surface area contributed by atoms with Gasteiger partial charge in [0.2, 0.25) is 5.75 Å². The van der Waals surface area contributed by atoms with Crippen LogP contribution in [0.4, 0.5) is 5.69 Å². The fourth-order valence-corrected chi connectivity index (χ4v) is 3.65. The van der Waals surface area contributed by atoms with E-state index in [1.165, 1.54) is 31.5 Å². The summed E-state index contributed by atoms with van der Waals surface area (Å²) in [7, 11) is 6.19. The van der Waals surface area contributed by atoms with E-state index in [4.69, 9.17) is 30.5 Å². The topological polar surface area (TPSA) is 86.3 Å². The summed E-state index contributed by atoms with van der Waals surface area (Å²) in [6.45, 7) is 0. The molecular formula is C27H26ClNO6. The number of carbonyl (C=O) groups excluding carboxylic acids is 1. The molecule has 182 valence electrons. The van der Waals surface area contributed by atoms with Crippen molar-refractivity contribution in [2.45, 2.75) is 0 Å². The minimum Gasteiger partial charge on any atom is -0.508 e. The van der Waals surface area contributed by atoms with Crippen LogP contribution in [0.25, 0.3) is 12.2 Å². The van der Waals surface area contributed by atoms with Gasteiger partial charge in [0.25, 0.3) is 0 Å². The number of rotatable bonds is 10. The molecule has 0 aliphatic heterocycles. The average molecular weight is 496 g/mol. The average Bonchev–Trinajstić information content (AvgIpc) is 2.86. The Labute approximate surface area is 209 Å². The minimum absolute atomic E-state index is 0.0967. The van der Waals surface area contributed by atoms with E-state index in [0.717, 1.165) is 11.1 Å². The Morgan fingerprint density at radius 3 is 1.94 bits per heavy atom. The van der Waals surface area contributed by atoms with Crippen LogP contribution in [0.2, 0.25) is 5.02 Å². The number of phenols is 1. The lowest BCUT2D eigenvalue weighted by atomic mass is 10.1. The number of ketones is 1. The molecule has 0 aliphatic carbocycles. The van der Waals surface area contributed by atoms with Gasteiger partial charge in [-0.05, 0) is 59.7 Å². The predicted molar refractivity (Wildman–Crippen MR) is 138 cm³/mol. The highest BCUT2D eigenvalue weighted by atomic mass is 35.5. The number of ether oxygens (including phenoxy) is 4. The van der Waals surface area contributed by atoms with Crippen molar-refractivity contribution < 1.29 is 28.8 Å². The lowest BCUT2D eigenvalue weighted by molar-refractivity contribution is 0.104. The van der Waals surface area contributed by atoms with Crippen molar-refractivity contribution >= 4 is 35.2 Å². The fourth-order valence-electron chi connectivity index (χ4n) is 3.34. The van der Waals surface area contributed by atoms with Crippen molar-refractivity contribution in [3.05, 3.63) is 82.5 Å². The van der Waals surface area contributed by atoms with Gasteiger partial charge in [-0.2, -0.15) is 0 Å². The van der Waals surface area contributed by atoms with Crippen molar-refractivity contribution in [3.63, 3.8) is 0 Å². The summed E-state index contributed by atoms with van der Waals surface area (Å²) < 4.78 is 21.6. The summed E-state index contributed by atoms with van der Waals surface area (Å²) in [5, 5.41) is 12.8. The third kappa shape index (κ3) is 6.28. The molecule has 0 aliphatic rings. The Morgan fingerprint density at radius 2 is 1.40 bits per heavy atom. The summed E-state index contributed by atoms with van der Waals surface area (Å²) in [5.41, 5.74) is 2.66. The van der Waals surface area contributed by atoms with Gasteiger partial charge in [0.05, 0.1) is 39.1 Å². The quantitative estimate of drug-likeness (QED) is 0.201. The normalized spacial score (nSPS) is 11.0. The molecule has 3 aromatic rings. The van der Waals surface area contributed by atoms with E-state index in [1.54, 1.807) is 39.5 Å². The standard InChI is InChI=1S/C27H26ClNO6/c1-32-24-15-18(16-25(33-2)27(24)35-4)6-5-17-13-21(28)26(34-3)22(14-17)29-12-11-23(31)19-7-9-20(30)10-8-19/h5-16,29-30H,1-4H3. The Morgan fingerprint density at radius 1 is 0.829 bits per heavy atom. The Hall–Kier alpha value is -4.10. The lowest BCUT2D eigenvalue weighted by Crippen LogP contribution is -1.98. The van der Waals surface area contributed by atoms with Gasteiger partial charge in [0, 0.05) is 17.8 Å². The third-order valence-corrected chi connectivity index (χ3v) is 5.33. The van der Waals surface area contributed by atoms with Crippen LogP contribution < -0.4 is 24.3 Å². The maximum absolute atomic E-state index is 12.3. The van der Waals surface area contributed by atoms with Crippen molar-refractivity contribution in [2.75, 3.05) is 33.8 Å². The molecule has 3 aromatic carbocycles. The summed E-state index contributed by atoms with van der Waals surface area (Å²) in [5.74, 6) is 1.92. The number of hydrogen-bond acceptors (Lipinski definition) is 7. The van der Waals surface area contributed by atoms with E-state index in [2.05, 4.69) is 5.32 Å². The van der Waals surface area contributed by atoms with Crippen LogP contribution >= 0.6 is 11.6 Å². The second kappa shape index (κ2) is 11.9. The molecule has 0 unspecified atom stereocenters. The minimum atomic E-state index is -0.221. The van der Waals surface area contributed by atoms with Gasteiger partial charge in [-0.1, -0.05) is 23.8 Å². The fraction of sp³-hybridized carbons (Fsp3) is 0.148. The largest absolute Gasteiger partial charge is 0.508 e. The number of phenolic OH excluding ortho intramolecular Hbond substituents is 1. The number of anilines is 1. The molecule has 0 aromatic heterocycles. The van der Waals surface area contributed by atoms with Crippen molar-refractivity contribution in [3.8, 4) is 28.7 Å². The zero-order chi connectivity index (χ0) is 25.4. The van der Waals surface area contributed by atoms with Crippen molar-refractivity contribution in [1.82, 2.24) is 0 Å². The molecule has 0 spiro atoms. The molecule has 0 atom stereocenters. The third-order valence-electron chi connectivity index (χ3n) is 5.05. The summed E-state index contributed by atoms with van der Waals surface area (Å²) in [4.78, 5) is 12.3. The van der Waals surface area contributed by atoms with Gasteiger partial charge < -0.3 is 29.4 Å². The first-order valence-electron chi connectivity index (χ1n) is 10.5. The highest BCUT2D eigenvalue weighted by Gasteiger charge is 2.13. The number of aromatic hydroxyl groups is 1. The zero-order valence-electron chi connectivity index (χ0n) is 19.8. The maximum Gasteiger partial charge on any atom is 0.203 e. The molecule has 0 saturated carbocycles. The number of allylic oxidation sites excluding steroid dienone is 1. The monoisotopic (exact) mass is 495 g/mol. The molecule has 0 heterocycles. The summed E-state index contributed by atoms with van der Waals surface area (Å²) >= 11 is 6.43. The van der Waals surface area contributed by atoms with Crippen LogP contribution in [0.3, 0.4) is 0 Å². The van der Waals surface area contributed by atoms with Gasteiger partial charge in [-0.3, -0.25) is 4.79 Å². The highest BCUT2D eigenvalue weighted by molar-refractivity contribution is 6.32. The van der Waals surface area contributed by atoms with E-state index < -0.39 is 0 Å². The molecule has 8 heteroatoms. The van der Waals surface area contributed by atoms with Crippen LogP contribution in [0.1, 0.15) is 21.5 Å². The second-order valence-electron chi connectivity index (χ2n) is 7.26. The van der Waals surface area contributed by atoms with Crippen LogP contribution in [-0.2, 0) is 0 Å². The van der Waals surface area contributed by atoms with Crippen LogP contribution in [0.15, 0.2) is 60.8 Å². The van der Waals surface area contributed by atoms with Crippen LogP contribution in [0, 0.1) is 0 Å². The second-order valence-corrected chi connectivity index (χ2v) is 7.67. The van der Waals surface area contributed by atoms with E-state index >= 15 is 0 Å². The summed E-state index contributed by atoms with van der Waals surface area (Å²) in [6, 6.07) is 13.3. The molecule has 0 amide bonds. The molecule has 2 N–H and O–H groups in total. The molecule has 35 heavy (non-hydrogen) atoms. The van der Waals surface area contributed by atoms with Gasteiger partial charge >= 0.3 is 0 Å². The number of methoxy groups -OCH3 is 4. The van der Waals surface area contributed by atoms with E-state index in [0.29, 0.717) is 39.3 Å². The molecule has 0 saturated heterocycles. The highest BCUT2D eigenvalue weighted by Crippen LogP contribution is 2.39. The Balaban J connectivity index is 1.85. The van der Waals surface area contributed by atoms with Crippen LogP contribution in [0.5, 0.6) is 28.7 Å². The van der Waals surface area contributed by atoms with Gasteiger partial charge in [-0.25, -0.2) is 0 Å². The molecular weight excluding hydrogens is 470 g/mol. The number of benzene rings is 3. The first kappa shape index (κ1) is 25.5. The molecule has 0 bridgehead atoms. The first-order valence-corrected chi connectivity index (χ1v) is 10.9. The maximum atomic E-state index is 12.3. The van der Waals surface area contributed by atoms with Crippen LogP contribution in [-0.4, -0.2) is 39.3 Å². The van der Waals surface area contributed by atoms with Gasteiger partial charge in [-0.15, -0.1) is 0 Å².